The SMILES string of the molecule is C[C@H](N1CCN([C@H]2CCCN(CC(C)(C)C)C2=O)CC1)C(F)(F)F. The highest BCUT2D eigenvalue weighted by Crippen LogP contribution is 2.27. The molecule has 24 heavy (non-hydrogen) atoms. The molecule has 0 saturated carbocycles. The van der Waals surface area contributed by atoms with E-state index >= 15 is 0 Å². The Labute approximate surface area is 143 Å². The summed E-state index contributed by atoms with van der Waals surface area (Å²) in [5.41, 5.74) is 0.0540. The molecule has 0 aliphatic carbocycles. The Morgan fingerprint density at radius 1 is 1.08 bits per heavy atom. The molecule has 1 amide bonds. The van der Waals surface area contributed by atoms with Crippen molar-refractivity contribution in [1.29, 1.82) is 0 Å². The van der Waals surface area contributed by atoms with Crippen molar-refractivity contribution in [3.8, 4) is 0 Å². The van der Waals surface area contributed by atoms with Crippen LogP contribution in [0.4, 0.5) is 13.2 Å². The van der Waals surface area contributed by atoms with Gasteiger partial charge in [0.15, 0.2) is 0 Å². The highest BCUT2D eigenvalue weighted by molar-refractivity contribution is 5.82. The molecule has 2 atom stereocenters. The molecule has 2 aliphatic rings. The first-order chi connectivity index (χ1) is 11.0. The van der Waals surface area contributed by atoms with E-state index in [-0.39, 0.29) is 17.4 Å². The highest BCUT2D eigenvalue weighted by atomic mass is 19.4. The molecule has 2 fully saturated rings. The van der Waals surface area contributed by atoms with E-state index in [0.29, 0.717) is 26.2 Å². The van der Waals surface area contributed by atoms with Gasteiger partial charge in [-0.2, -0.15) is 13.2 Å². The van der Waals surface area contributed by atoms with E-state index in [0.717, 1.165) is 25.9 Å². The first-order valence-electron chi connectivity index (χ1n) is 8.82. The number of rotatable bonds is 3. The maximum absolute atomic E-state index is 12.8. The van der Waals surface area contributed by atoms with E-state index in [1.54, 1.807) is 0 Å². The summed E-state index contributed by atoms with van der Waals surface area (Å²) >= 11 is 0. The van der Waals surface area contributed by atoms with Crippen molar-refractivity contribution in [2.24, 2.45) is 5.41 Å². The predicted octanol–water partition coefficient (Wildman–Crippen LogP) is 2.59. The van der Waals surface area contributed by atoms with Gasteiger partial charge in [-0.3, -0.25) is 14.6 Å². The van der Waals surface area contributed by atoms with Crippen molar-refractivity contribution in [3.05, 3.63) is 0 Å². The molecule has 2 saturated heterocycles. The van der Waals surface area contributed by atoms with E-state index in [2.05, 4.69) is 25.7 Å². The van der Waals surface area contributed by atoms with Gasteiger partial charge in [0.25, 0.3) is 0 Å². The van der Waals surface area contributed by atoms with Crippen LogP contribution in [0.25, 0.3) is 0 Å². The van der Waals surface area contributed by atoms with Crippen molar-refractivity contribution >= 4 is 5.91 Å². The van der Waals surface area contributed by atoms with Crippen LogP contribution >= 0.6 is 0 Å². The predicted molar refractivity (Wildman–Crippen MR) is 87.7 cm³/mol. The molecule has 0 aromatic carbocycles. The summed E-state index contributed by atoms with van der Waals surface area (Å²) in [5.74, 6) is 0.147. The second-order valence-electron chi connectivity index (χ2n) is 8.27. The van der Waals surface area contributed by atoms with Crippen molar-refractivity contribution in [2.75, 3.05) is 39.3 Å². The maximum atomic E-state index is 12.8. The number of nitrogens with zero attached hydrogens (tertiary/aromatic N) is 3. The molecular formula is C17H30F3N3O. The Morgan fingerprint density at radius 3 is 2.17 bits per heavy atom. The molecule has 0 N–H and O–H groups in total. The molecule has 140 valence electrons. The van der Waals surface area contributed by atoms with Crippen molar-refractivity contribution < 1.29 is 18.0 Å². The fraction of sp³-hybridized carbons (Fsp3) is 0.941. The number of hydrogen-bond acceptors (Lipinski definition) is 3. The van der Waals surface area contributed by atoms with Crippen LogP contribution in [0.1, 0.15) is 40.5 Å². The molecule has 2 heterocycles. The lowest BCUT2D eigenvalue weighted by Gasteiger charge is -2.44. The Balaban J connectivity index is 1.92. The summed E-state index contributed by atoms with van der Waals surface area (Å²) in [6.07, 6.45) is -2.41. The van der Waals surface area contributed by atoms with Crippen LogP contribution in [-0.4, -0.2) is 78.1 Å². The van der Waals surface area contributed by atoms with Gasteiger partial charge in [-0.15, -0.1) is 0 Å². The summed E-state index contributed by atoms with van der Waals surface area (Å²) in [4.78, 5) is 18.2. The third kappa shape index (κ3) is 4.85. The summed E-state index contributed by atoms with van der Waals surface area (Å²) in [6, 6.07) is -1.58. The molecule has 2 rings (SSSR count). The second-order valence-corrected chi connectivity index (χ2v) is 8.27. The number of alkyl halides is 3. The standard InChI is InChI=1S/C17H30F3N3O/c1-13(17(18,19)20)21-8-10-22(11-9-21)14-6-5-7-23(15(14)24)12-16(2,3)4/h13-14H,5-12H2,1-4H3/t13-,14-/m0/s1. The third-order valence-electron chi connectivity index (χ3n) is 4.98. The molecule has 0 aromatic heterocycles. The van der Waals surface area contributed by atoms with Gasteiger partial charge in [0.1, 0.15) is 6.04 Å². The van der Waals surface area contributed by atoms with Crippen LogP contribution in [0.3, 0.4) is 0 Å². The average Bonchev–Trinajstić information content (AvgIpc) is 2.47. The lowest BCUT2D eigenvalue weighted by atomic mass is 9.93. The van der Waals surface area contributed by atoms with Crippen LogP contribution in [-0.2, 0) is 4.79 Å². The summed E-state index contributed by atoms with van der Waals surface area (Å²) in [6.45, 7) is 10.9. The Kier molecular flexibility index (Phi) is 5.85. The minimum Gasteiger partial charge on any atom is -0.341 e. The summed E-state index contributed by atoms with van der Waals surface area (Å²) < 4.78 is 38.5. The number of carbonyl (C=O) groups excluding carboxylic acids is 1. The minimum absolute atomic E-state index is 0.0540. The van der Waals surface area contributed by atoms with Crippen molar-refractivity contribution in [2.45, 2.75) is 58.8 Å². The fourth-order valence-electron chi connectivity index (χ4n) is 3.63. The van der Waals surface area contributed by atoms with Gasteiger partial charge in [-0.1, -0.05) is 20.8 Å². The lowest BCUT2D eigenvalue weighted by molar-refractivity contribution is -0.184. The molecule has 0 radical (unpaired) electrons. The summed E-state index contributed by atoms with van der Waals surface area (Å²) in [7, 11) is 0. The topological polar surface area (TPSA) is 26.8 Å². The number of hydrogen-bond donors (Lipinski definition) is 0. The number of amides is 1. The molecule has 0 aromatic rings. The minimum atomic E-state index is -4.19. The third-order valence-corrected chi connectivity index (χ3v) is 4.98. The number of piperidine rings is 1. The van der Waals surface area contributed by atoms with E-state index in [9.17, 15) is 18.0 Å². The zero-order valence-corrected chi connectivity index (χ0v) is 15.2. The number of halogens is 3. The monoisotopic (exact) mass is 349 g/mol. The summed E-state index contributed by atoms with van der Waals surface area (Å²) in [5, 5.41) is 0. The van der Waals surface area contributed by atoms with Gasteiger partial charge >= 0.3 is 6.18 Å². The number of likely N-dealkylation sites (tertiary alicyclic amines) is 1. The van der Waals surface area contributed by atoms with Gasteiger partial charge in [0.05, 0.1) is 6.04 Å². The largest absolute Gasteiger partial charge is 0.403 e. The molecule has 0 bridgehead atoms. The highest BCUT2D eigenvalue weighted by Gasteiger charge is 2.42. The van der Waals surface area contributed by atoms with Crippen LogP contribution in [0.2, 0.25) is 0 Å². The van der Waals surface area contributed by atoms with Crippen LogP contribution < -0.4 is 0 Å². The molecule has 7 heteroatoms. The zero-order chi connectivity index (χ0) is 18.1. The van der Waals surface area contributed by atoms with E-state index < -0.39 is 12.2 Å². The molecule has 0 unspecified atom stereocenters. The molecule has 2 aliphatic heterocycles. The second kappa shape index (κ2) is 7.20. The van der Waals surface area contributed by atoms with Gasteiger partial charge in [-0.05, 0) is 25.2 Å². The van der Waals surface area contributed by atoms with E-state index in [1.165, 1.54) is 11.8 Å². The van der Waals surface area contributed by atoms with Crippen LogP contribution in [0.5, 0.6) is 0 Å². The Hall–Kier alpha value is -0.820. The van der Waals surface area contributed by atoms with Gasteiger partial charge in [-0.25, -0.2) is 0 Å². The van der Waals surface area contributed by atoms with Gasteiger partial charge in [0, 0.05) is 39.3 Å². The van der Waals surface area contributed by atoms with Gasteiger partial charge < -0.3 is 4.90 Å². The first-order valence-corrected chi connectivity index (χ1v) is 8.82. The van der Waals surface area contributed by atoms with E-state index in [4.69, 9.17) is 0 Å². The normalized spacial score (nSPS) is 26.7. The number of piperazine rings is 1. The first kappa shape index (κ1) is 19.5. The quantitative estimate of drug-likeness (QED) is 0.784. The Bertz CT molecular complexity index is 439. The molecular weight excluding hydrogens is 319 g/mol. The maximum Gasteiger partial charge on any atom is 0.403 e. The average molecular weight is 349 g/mol. The van der Waals surface area contributed by atoms with Gasteiger partial charge in [0.2, 0.25) is 5.91 Å². The fourth-order valence-corrected chi connectivity index (χ4v) is 3.63. The van der Waals surface area contributed by atoms with Crippen molar-refractivity contribution in [3.63, 3.8) is 0 Å². The van der Waals surface area contributed by atoms with Crippen LogP contribution in [0.15, 0.2) is 0 Å². The Morgan fingerprint density at radius 2 is 1.67 bits per heavy atom. The zero-order valence-electron chi connectivity index (χ0n) is 15.2. The molecule has 0 spiro atoms. The van der Waals surface area contributed by atoms with Crippen LogP contribution in [0, 0.1) is 5.41 Å². The smallest absolute Gasteiger partial charge is 0.341 e. The van der Waals surface area contributed by atoms with Crippen molar-refractivity contribution in [1.82, 2.24) is 14.7 Å². The molecule has 4 nitrogen and oxygen atoms in total. The van der Waals surface area contributed by atoms with E-state index in [1.807, 2.05) is 4.90 Å². The lowest BCUT2D eigenvalue weighted by Crippen LogP contribution is -2.60. The number of carbonyl (C=O) groups is 1.